The van der Waals surface area contributed by atoms with E-state index in [0.29, 0.717) is 19.4 Å². The fourth-order valence-electron chi connectivity index (χ4n) is 1.53. The average molecular weight is 254 g/mol. The molecule has 4 N–H and O–H groups in total. The summed E-state index contributed by atoms with van der Waals surface area (Å²) >= 11 is 0. The van der Waals surface area contributed by atoms with E-state index in [1.54, 1.807) is 12.1 Å². The number of nitrogens with two attached hydrogens (primary N) is 1. The number of aliphatic hydroxyl groups is 1. The van der Waals surface area contributed by atoms with Gasteiger partial charge in [0.15, 0.2) is 0 Å². The number of hydrogen-bond acceptors (Lipinski definition) is 3. The molecule has 1 atom stereocenters. The van der Waals surface area contributed by atoms with Crippen molar-refractivity contribution in [2.75, 3.05) is 6.61 Å². The van der Waals surface area contributed by atoms with E-state index >= 15 is 0 Å². The molecule has 4 nitrogen and oxygen atoms in total. The van der Waals surface area contributed by atoms with Crippen LogP contribution in [-0.4, -0.2) is 23.7 Å². The third-order valence-corrected chi connectivity index (χ3v) is 2.64. The van der Waals surface area contributed by atoms with Gasteiger partial charge in [-0.1, -0.05) is 12.1 Å². The van der Waals surface area contributed by atoms with E-state index in [9.17, 15) is 9.18 Å². The summed E-state index contributed by atoms with van der Waals surface area (Å²) in [5, 5.41) is 11.3. The lowest BCUT2D eigenvalue weighted by molar-refractivity contribution is -0.122. The van der Waals surface area contributed by atoms with Crippen LogP contribution in [0.25, 0.3) is 0 Å². The number of carbonyl (C=O) groups excluding carboxylic acids is 1. The van der Waals surface area contributed by atoms with Gasteiger partial charge in [-0.3, -0.25) is 4.79 Å². The van der Waals surface area contributed by atoms with E-state index in [1.165, 1.54) is 12.1 Å². The molecule has 0 saturated carbocycles. The lowest BCUT2D eigenvalue weighted by Crippen LogP contribution is -2.40. The SMILES string of the molecule is NC(CCCCO)C(=O)NCc1ccc(F)cc1. The van der Waals surface area contributed by atoms with Crippen LogP contribution in [-0.2, 0) is 11.3 Å². The molecule has 0 aromatic heterocycles. The minimum atomic E-state index is -0.558. The van der Waals surface area contributed by atoms with Crippen LogP contribution < -0.4 is 11.1 Å². The highest BCUT2D eigenvalue weighted by Gasteiger charge is 2.12. The van der Waals surface area contributed by atoms with Crippen LogP contribution in [0.3, 0.4) is 0 Å². The van der Waals surface area contributed by atoms with Crippen LogP contribution >= 0.6 is 0 Å². The second-order valence-corrected chi connectivity index (χ2v) is 4.17. The van der Waals surface area contributed by atoms with Crippen molar-refractivity contribution in [1.29, 1.82) is 0 Å². The van der Waals surface area contributed by atoms with E-state index in [4.69, 9.17) is 10.8 Å². The lowest BCUT2D eigenvalue weighted by atomic mass is 10.1. The summed E-state index contributed by atoms with van der Waals surface area (Å²) < 4.78 is 12.7. The molecule has 0 aliphatic carbocycles. The average Bonchev–Trinajstić information content (AvgIpc) is 2.38. The van der Waals surface area contributed by atoms with Gasteiger partial charge in [-0.25, -0.2) is 4.39 Å². The molecule has 1 aromatic carbocycles. The highest BCUT2D eigenvalue weighted by atomic mass is 19.1. The van der Waals surface area contributed by atoms with Gasteiger partial charge in [0, 0.05) is 13.2 Å². The molecule has 1 unspecified atom stereocenters. The lowest BCUT2D eigenvalue weighted by Gasteiger charge is -2.11. The first-order valence-electron chi connectivity index (χ1n) is 6.02. The molecule has 0 fully saturated rings. The van der Waals surface area contributed by atoms with Crippen molar-refractivity contribution in [1.82, 2.24) is 5.32 Å². The largest absolute Gasteiger partial charge is 0.396 e. The molecular weight excluding hydrogens is 235 g/mol. The monoisotopic (exact) mass is 254 g/mol. The van der Waals surface area contributed by atoms with Gasteiger partial charge in [0.1, 0.15) is 5.82 Å². The number of hydrogen-bond donors (Lipinski definition) is 3. The van der Waals surface area contributed by atoms with E-state index in [0.717, 1.165) is 12.0 Å². The van der Waals surface area contributed by atoms with Crippen LogP contribution in [0.2, 0.25) is 0 Å². The van der Waals surface area contributed by atoms with Gasteiger partial charge in [0.25, 0.3) is 0 Å². The van der Waals surface area contributed by atoms with Gasteiger partial charge >= 0.3 is 0 Å². The molecular formula is C13H19FN2O2. The zero-order valence-corrected chi connectivity index (χ0v) is 10.2. The summed E-state index contributed by atoms with van der Waals surface area (Å²) in [6.45, 7) is 0.455. The first-order chi connectivity index (χ1) is 8.63. The van der Waals surface area contributed by atoms with Gasteiger partial charge < -0.3 is 16.2 Å². The van der Waals surface area contributed by atoms with Crippen molar-refractivity contribution in [3.63, 3.8) is 0 Å². The number of carbonyl (C=O) groups is 1. The number of aliphatic hydroxyl groups excluding tert-OH is 1. The summed E-state index contributed by atoms with van der Waals surface area (Å²) in [6.07, 6.45) is 1.93. The van der Waals surface area contributed by atoms with E-state index in [2.05, 4.69) is 5.32 Å². The zero-order valence-electron chi connectivity index (χ0n) is 10.2. The first kappa shape index (κ1) is 14.6. The van der Waals surface area contributed by atoms with Crippen LogP contribution in [0, 0.1) is 5.82 Å². The summed E-state index contributed by atoms with van der Waals surface area (Å²) in [7, 11) is 0. The van der Waals surface area contributed by atoms with Crippen molar-refractivity contribution in [2.45, 2.75) is 31.8 Å². The molecule has 0 heterocycles. The molecule has 1 rings (SSSR count). The molecule has 0 radical (unpaired) electrons. The Morgan fingerprint density at radius 3 is 2.61 bits per heavy atom. The Morgan fingerprint density at radius 2 is 2.00 bits per heavy atom. The molecule has 5 heteroatoms. The third-order valence-electron chi connectivity index (χ3n) is 2.64. The quantitative estimate of drug-likeness (QED) is 0.634. The third kappa shape index (κ3) is 5.25. The predicted molar refractivity (Wildman–Crippen MR) is 67.2 cm³/mol. The Morgan fingerprint density at radius 1 is 1.33 bits per heavy atom. The molecule has 0 saturated heterocycles. The molecule has 1 aromatic rings. The maximum atomic E-state index is 12.7. The zero-order chi connectivity index (χ0) is 13.4. The summed E-state index contributed by atoms with van der Waals surface area (Å²) in [6, 6.07) is 5.38. The Bertz CT molecular complexity index is 368. The van der Waals surface area contributed by atoms with Crippen LogP contribution in [0.5, 0.6) is 0 Å². The summed E-state index contributed by atoms with van der Waals surface area (Å²) in [4.78, 5) is 11.6. The molecule has 0 spiro atoms. The number of benzene rings is 1. The Hall–Kier alpha value is -1.46. The number of halogens is 1. The molecule has 0 bridgehead atoms. The van der Waals surface area contributed by atoms with Crippen molar-refractivity contribution in [3.8, 4) is 0 Å². The molecule has 0 aliphatic heterocycles. The minimum Gasteiger partial charge on any atom is -0.396 e. The number of nitrogens with one attached hydrogen (secondary N) is 1. The highest BCUT2D eigenvalue weighted by Crippen LogP contribution is 2.03. The Kier molecular flexibility index (Phi) is 6.32. The molecule has 100 valence electrons. The van der Waals surface area contributed by atoms with Gasteiger partial charge in [-0.05, 0) is 37.0 Å². The second kappa shape index (κ2) is 7.79. The van der Waals surface area contributed by atoms with Crippen molar-refractivity contribution in [2.24, 2.45) is 5.73 Å². The maximum Gasteiger partial charge on any atom is 0.237 e. The first-order valence-corrected chi connectivity index (χ1v) is 6.02. The van der Waals surface area contributed by atoms with Gasteiger partial charge in [0.05, 0.1) is 6.04 Å². The van der Waals surface area contributed by atoms with Crippen LogP contribution in [0.15, 0.2) is 24.3 Å². The standard InChI is InChI=1S/C13H19FN2O2/c14-11-6-4-10(5-7-11)9-16-13(18)12(15)3-1-2-8-17/h4-7,12,17H,1-3,8-9,15H2,(H,16,18). The van der Waals surface area contributed by atoms with Gasteiger partial charge in [-0.2, -0.15) is 0 Å². The van der Waals surface area contributed by atoms with Gasteiger partial charge in [-0.15, -0.1) is 0 Å². The fourth-order valence-corrected chi connectivity index (χ4v) is 1.53. The fraction of sp³-hybridized carbons (Fsp3) is 0.462. The molecule has 0 aliphatic rings. The highest BCUT2D eigenvalue weighted by molar-refractivity contribution is 5.81. The topological polar surface area (TPSA) is 75.3 Å². The predicted octanol–water partition coefficient (Wildman–Crippen LogP) is 0.932. The number of rotatable bonds is 7. The summed E-state index contributed by atoms with van der Waals surface area (Å²) in [5.41, 5.74) is 6.52. The Balaban J connectivity index is 2.29. The summed E-state index contributed by atoms with van der Waals surface area (Å²) in [5.74, 6) is -0.525. The molecule has 18 heavy (non-hydrogen) atoms. The van der Waals surface area contributed by atoms with Crippen molar-refractivity contribution >= 4 is 5.91 Å². The number of unbranched alkanes of at least 4 members (excludes halogenated alkanes) is 1. The van der Waals surface area contributed by atoms with Crippen molar-refractivity contribution in [3.05, 3.63) is 35.6 Å². The minimum absolute atomic E-state index is 0.115. The Labute approximate surface area is 106 Å². The number of amides is 1. The van der Waals surface area contributed by atoms with E-state index in [1.807, 2.05) is 0 Å². The molecule has 1 amide bonds. The van der Waals surface area contributed by atoms with E-state index < -0.39 is 6.04 Å². The second-order valence-electron chi connectivity index (χ2n) is 4.17. The van der Waals surface area contributed by atoms with Crippen LogP contribution in [0.4, 0.5) is 4.39 Å². The van der Waals surface area contributed by atoms with Crippen LogP contribution in [0.1, 0.15) is 24.8 Å². The van der Waals surface area contributed by atoms with Gasteiger partial charge in [0.2, 0.25) is 5.91 Å². The van der Waals surface area contributed by atoms with E-state index in [-0.39, 0.29) is 18.3 Å². The maximum absolute atomic E-state index is 12.7. The smallest absolute Gasteiger partial charge is 0.237 e. The van der Waals surface area contributed by atoms with Crippen molar-refractivity contribution < 1.29 is 14.3 Å². The normalized spacial score (nSPS) is 12.2.